The van der Waals surface area contributed by atoms with E-state index in [1.165, 1.54) is 6.07 Å². The average molecular weight is 527 g/mol. The summed E-state index contributed by atoms with van der Waals surface area (Å²) in [6.07, 6.45) is 2.55. The van der Waals surface area contributed by atoms with Gasteiger partial charge in [0.05, 0.1) is 18.0 Å². The number of fused-ring (bicyclic) bond motifs is 3. The summed E-state index contributed by atoms with van der Waals surface area (Å²) in [5.41, 5.74) is 11.2. The van der Waals surface area contributed by atoms with Gasteiger partial charge in [-0.05, 0) is 55.0 Å². The number of nitrogens with one attached hydrogen (secondary N) is 1. The minimum Gasteiger partial charge on any atom is -0.337 e. The normalized spacial score (nSPS) is 16.3. The number of nitrogens with zero attached hydrogens (tertiary/aromatic N) is 4. The molecule has 0 radical (unpaired) electrons. The molecule has 0 bridgehead atoms. The molecule has 9 heteroatoms. The zero-order chi connectivity index (χ0) is 26.2. The van der Waals surface area contributed by atoms with Gasteiger partial charge >= 0.3 is 0 Å². The molecule has 3 N–H and O–H groups in total. The summed E-state index contributed by atoms with van der Waals surface area (Å²) in [5, 5.41) is 3.74. The first-order valence-corrected chi connectivity index (χ1v) is 12.7. The largest absolute Gasteiger partial charge is 0.337 e. The van der Waals surface area contributed by atoms with Gasteiger partial charge in [-0.1, -0.05) is 29.8 Å². The lowest BCUT2D eigenvalue weighted by Crippen LogP contribution is -2.31. The van der Waals surface area contributed by atoms with E-state index in [1.54, 1.807) is 53.6 Å². The van der Waals surface area contributed by atoms with Crippen molar-refractivity contribution in [2.45, 2.75) is 19.0 Å². The predicted molar refractivity (Wildman–Crippen MR) is 146 cm³/mol. The van der Waals surface area contributed by atoms with Crippen LogP contribution in [0, 0.1) is 5.82 Å². The molecule has 0 saturated carbocycles. The zero-order valence-electron chi connectivity index (χ0n) is 20.4. The van der Waals surface area contributed by atoms with Gasteiger partial charge in [-0.3, -0.25) is 9.79 Å². The van der Waals surface area contributed by atoms with Gasteiger partial charge in [0.1, 0.15) is 5.82 Å². The lowest BCUT2D eigenvalue weighted by atomic mass is 9.95. The Balaban J connectivity index is 1.30. The molecular weight excluding hydrogens is 503 g/mol. The predicted octanol–water partition coefficient (Wildman–Crippen LogP) is 5.20. The number of rotatable bonds is 4. The van der Waals surface area contributed by atoms with Crippen LogP contribution in [-0.4, -0.2) is 45.6 Å². The van der Waals surface area contributed by atoms with E-state index in [4.69, 9.17) is 27.3 Å². The second kappa shape index (κ2) is 9.96. The van der Waals surface area contributed by atoms with E-state index in [-0.39, 0.29) is 17.8 Å². The molecule has 0 spiro atoms. The van der Waals surface area contributed by atoms with Gasteiger partial charge in [-0.25, -0.2) is 14.4 Å². The van der Waals surface area contributed by atoms with Crippen LogP contribution in [-0.2, 0) is 6.54 Å². The van der Waals surface area contributed by atoms with Gasteiger partial charge < -0.3 is 16.0 Å². The van der Waals surface area contributed by atoms with Crippen molar-refractivity contribution < 1.29 is 9.18 Å². The lowest BCUT2D eigenvalue weighted by Gasteiger charge is -2.16. The number of hydrogen-bond donors (Lipinski definition) is 2. The minimum absolute atomic E-state index is 0.0216. The van der Waals surface area contributed by atoms with Gasteiger partial charge in [0, 0.05) is 63.9 Å². The Hall–Kier alpha value is -4.14. The number of aliphatic imine (C=N–C) groups is 1. The fourth-order valence-corrected chi connectivity index (χ4v) is 5.02. The van der Waals surface area contributed by atoms with E-state index in [0.29, 0.717) is 58.7 Å². The van der Waals surface area contributed by atoms with Crippen molar-refractivity contribution in [2.24, 2.45) is 10.7 Å². The molecule has 38 heavy (non-hydrogen) atoms. The molecule has 2 aliphatic heterocycles. The topological polar surface area (TPSA) is 96.5 Å². The summed E-state index contributed by atoms with van der Waals surface area (Å²) in [7, 11) is 0. The van der Waals surface area contributed by atoms with Gasteiger partial charge in [0.15, 0.2) is 0 Å². The first kappa shape index (κ1) is 24.2. The highest BCUT2D eigenvalue weighted by atomic mass is 35.5. The Morgan fingerprint density at radius 1 is 1.05 bits per heavy atom. The molecule has 1 fully saturated rings. The van der Waals surface area contributed by atoms with Crippen molar-refractivity contribution in [1.29, 1.82) is 0 Å². The summed E-state index contributed by atoms with van der Waals surface area (Å²) >= 11 is 6.34. The smallest absolute Gasteiger partial charge is 0.253 e. The van der Waals surface area contributed by atoms with Gasteiger partial charge in [-0.15, -0.1) is 0 Å². The number of amides is 1. The Bertz CT molecular complexity index is 1570. The Morgan fingerprint density at radius 2 is 1.87 bits per heavy atom. The number of carbonyl (C=O) groups is 1. The van der Waals surface area contributed by atoms with E-state index in [1.807, 2.05) is 18.2 Å². The molecule has 1 aromatic heterocycles. The standard InChI is InChI=1S/C29H24ClFN6O/c30-19-7-10-22-24(13-19)27(23-3-1-2-4-25(23)31)33-14-18-15-34-29(36-26(18)22)35-21-8-5-17(6-9-21)28(38)37-12-11-20(32)16-37/h1-10,13,15,20H,11-12,14,16,32H2,(H,34,35,36). The van der Waals surface area contributed by atoms with Crippen LogP contribution in [0.5, 0.6) is 0 Å². The van der Waals surface area contributed by atoms with Gasteiger partial charge in [0.25, 0.3) is 5.91 Å². The van der Waals surface area contributed by atoms with Crippen LogP contribution < -0.4 is 11.1 Å². The quantitative estimate of drug-likeness (QED) is 0.381. The minimum atomic E-state index is -0.355. The maximum absolute atomic E-state index is 14.7. The maximum Gasteiger partial charge on any atom is 0.253 e. The molecule has 6 rings (SSSR count). The number of halogens is 2. The van der Waals surface area contributed by atoms with E-state index in [9.17, 15) is 9.18 Å². The average Bonchev–Trinajstić information content (AvgIpc) is 3.30. The molecule has 2 aliphatic rings. The monoisotopic (exact) mass is 526 g/mol. The molecule has 7 nitrogen and oxygen atoms in total. The molecule has 3 aromatic carbocycles. The number of aromatic nitrogens is 2. The highest BCUT2D eigenvalue weighted by Gasteiger charge is 2.25. The second-order valence-electron chi connectivity index (χ2n) is 9.40. The van der Waals surface area contributed by atoms with Crippen molar-refractivity contribution in [2.75, 3.05) is 18.4 Å². The van der Waals surface area contributed by atoms with Crippen LogP contribution in [0.1, 0.15) is 33.5 Å². The molecule has 4 aromatic rings. The van der Waals surface area contributed by atoms with Crippen LogP contribution >= 0.6 is 11.6 Å². The maximum atomic E-state index is 14.7. The summed E-state index contributed by atoms with van der Waals surface area (Å²) in [6, 6.07) is 19.3. The number of nitrogens with two attached hydrogens (primary N) is 1. The molecule has 0 aliphatic carbocycles. The fraction of sp³-hybridized carbons (Fsp3) is 0.172. The fourth-order valence-electron chi connectivity index (χ4n) is 4.85. The lowest BCUT2D eigenvalue weighted by molar-refractivity contribution is 0.0791. The highest BCUT2D eigenvalue weighted by molar-refractivity contribution is 6.31. The first-order valence-electron chi connectivity index (χ1n) is 12.3. The molecule has 3 heterocycles. The number of hydrogen-bond acceptors (Lipinski definition) is 6. The van der Waals surface area contributed by atoms with Crippen molar-refractivity contribution in [3.8, 4) is 11.3 Å². The Kier molecular flexibility index (Phi) is 6.35. The molecule has 1 unspecified atom stereocenters. The summed E-state index contributed by atoms with van der Waals surface area (Å²) in [4.78, 5) is 28.5. The third kappa shape index (κ3) is 4.64. The van der Waals surface area contributed by atoms with E-state index in [2.05, 4.69) is 10.3 Å². The Labute approximate surface area is 224 Å². The third-order valence-corrected chi connectivity index (χ3v) is 7.03. The molecule has 1 amide bonds. The van der Waals surface area contributed by atoms with Crippen LogP contribution in [0.2, 0.25) is 5.02 Å². The highest BCUT2D eigenvalue weighted by Crippen LogP contribution is 2.34. The number of likely N-dealkylation sites (tertiary alicyclic amines) is 1. The number of anilines is 2. The zero-order valence-corrected chi connectivity index (χ0v) is 21.1. The summed E-state index contributed by atoms with van der Waals surface area (Å²) < 4.78 is 14.7. The van der Waals surface area contributed by atoms with Crippen LogP contribution in [0.4, 0.5) is 16.0 Å². The van der Waals surface area contributed by atoms with Crippen LogP contribution in [0.3, 0.4) is 0 Å². The molecule has 1 saturated heterocycles. The summed E-state index contributed by atoms with van der Waals surface area (Å²) in [6.45, 7) is 1.55. The Morgan fingerprint density at radius 3 is 2.63 bits per heavy atom. The van der Waals surface area contributed by atoms with E-state index < -0.39 is 0 Å². The molecular formula is C29H24ClFN6O. The van der Waals surface area contributed by atoms with Gasteiger partial charge in [-0.2, -0.15) is 0 Å². The van der Waals surface area contributed by atoms with Crippen molar-refractivity contribution in [3.05, 3.63) is 106 Å². The third-order valence-electron chi connectivity index (χ3n) is 6.79. The molecule has 190 valence electrons. The van der Waals surface area contributed by atoms with E-state index in [0.717, 1.165) is 23.2 Å². The van der Waals surface area contributed by atoms with Crippen molar-refractivity contribution in [1.82, 2.24) is 14.9 Å². The van der Waals surface area contributed by atoms with Crippen molar-refractivity contribution in [3.63, 3.8) is 0 Å². The van der Waals surface area contributed by atoms with Crippen LogP contribution in [0.25, 0.3) is 11.3 Å². The van der Waals surface area contributed by atoms with Crippen LogP contribution in [0.15, 0.2) is 77.9 Å². The molecule has 1 atom stereocenters. The van der Waals surface area contributed by atoms with Gasteiger partial charge in [0.2, 0.25) is 5.95 Å². The van der Waals surface area contributed by atoms with E-state index >= 15 is 0 Å². The number of benzene rings is 3. The van der Waals surface area contributed by atoms with Crippen molar-refractivity contribution >= 4 is 34.9 Å². The second-order valence-corrected chi connectivity index (χ2v) is 9.84. The summed E-state index contributed by atoms with van der Waals surface area (Å²) in [5.74, 6) is 0.0152. The SMILES string of the molecule is NC1CCN(C(=O)c2ccc(Nc3ncc4c(n3)-c3ccc(Cl)cc3C(c3ccccc3F)=NC4)cc2)C1. The first-order chi connectivity index (χ1) is 18.5. The number of carbonyl (C=O) groups excluding carboxylic acids is 1.